The predicted molar refractivity (Wildman–Crippen MR) is 97.3 cm³/mol. The third-order valence-corrected chi connectivity index (χ3v) is 7.66. The molecule has 26 heavy (non-hydrogen) atoms. The maximum Gasteiger partial charge on any atom is 0.253 e. The van der Waals surface area contributed by atoms with E-state index in [1.807, 2.05) is 0 Å². The van der Waals surface area contributed by atoms with Crippen LogP contribution in [-0.4, -0.2) is 44.4 Å². The fourth-order valence-corrected chi connectivity index (χ4v) is 5.94. The van der Waals surface area contributed by atoms with Crippen LogP contribution in [0, 0.1) is 0 Å². The van der Waals surface area contributed by atoms with Crippen LogP contribution in [0.4, 0.5) is 5.69 Å². The lowest BCUT2D eigenvalue weighted by molar-refractivity contribution is -0.119. The van der Waals surface area contributed by atoms with Crippen LogP contribution in [0.25, 0.3) is 0 Å². The molecule has 3 heterocycles. The fraction of sp³-hybridized carbons (Fsp3) is 0.353. The summed E-state index contributed by atoms with van der Waals surface area (Å²) in [4.78, 5) is 12.7. The van der Waals surface area contributed by atoms with Crippen LogP contribution in [0.15, 0.2) is 39.9 Å². The van der Waals surface area contributed by atoms with Crippen LogP contribution in [0.1, 0.15) is 12.8 Å². The van der Waals surface area contributed by atoms with Crippen LogP contribution in [0.2, 0.25) is 0 Å². The second-order valence-electron chi connectivity index (χ2n) is 6.05. The van der Waals surface area contributed by atoms with E-state index in [1.54, 1.807) is 35.7 Å². The van der Waals surface area contributed by atoms with Crippen molar-refractivity contribution in [1.82, 2.24) is 4.31 Å². The number of rotatable bonds is 4. The zero-order valence-corrected chi connectivity index (χ0v) is 15.5. The molecule has 1 atom stereocenters. The van der Waals surface area contributed by atoms with E-state index >= 15 is 0 Å². The predicted octanol–water partition coefficient (Wildman–Crippen LogP) is 2.31. The molecule has 1 N–H and O–H groups in total. The summed E-state index contributed by atoms with van der Waals surface area (Å²) in [5.41, 5.74) is 0.555. The zero-order valence-electron chi connectivity index (χ0n) is 13.9. The molecule has 0 bridgehead atoms. The fourth-order valence-electron chi connectivity index (χ4n) is 3.16. The topological polar surface area (TPSA) is 84.9 Å². The molecule has 1 aromatic carbocycles. The first kappa shape index (κ1) is 17.3. The number of hydrogen-bond donors (Lipinski definition) is 1. The number of thiophene rings is 1. The molecule has 2 aliphatic heterocycles. The Morgan fingerprint density at radius 1 is 1.19 bits per heavy atom. The summed E-state index contributed by atoms with van der Waals surface area (Å²) < 4.78 is 38.1. The molecule has 4 rings (SSSR count). The van der Waals surface area contributed by atoms with Gasteiger partial charge in [0.1, 0.15) is 23.5 Å². The maximum atomic E-state index is 12.8. The van der Waals surface area contributed by atoms with Crippen molar-refractivity contribution >= 4 is 33.0 Å². The minimum atomic E-state index is -3.65. The van der Waals surface area contributed by atoms with Crippen molar-refractivity contribution in [1.29, 1.82) is 0 Å². The quantitative estimate of drug-likeness (QED) is 0.860. The van der Waals surface area contributed by atoms with Crippen LogP contribution in [0.3, 0.4) is 0 Å². The molecular weight excluding hydrogens is 376 g/mol. The van der Waals surface area contributed by atoms with Crippen molar-refractivity contribution in [2.45, 2.75) is 23.1 Å². The number of hydrogen-bond acceptors (Lipinski definition) is 6. The molecule has 0 aliphatic carbocycles. The molecule has 2 aromatic rings. The van der Waals surface area contributed by atoms with Crippen molar-refractivity contribution in [3.05, 3.63) is 35.7 Å². The van der Waals surface area contributed by atoms with Gasteiger partial charge in [0.15, 0.2) is 11.5 Å². The van der Waals surface area contributed by atoms with Gasteiger partial charge in [-0.1, -0.05) is 6.07 Å². The van der Waals surface area contributed by atoms with Gasteiger partial charge in [0, 0.05) is 18.3 Å². The van der Waals surface area contributed by atoms with E-state index in [0.717, 1.165) is 11.3 Å². The van der Waals surface area contributed by atoms with Gasteiger partial charge in [0.2, 0.25) is 5.91 Å². The number of amides is 1. The standard InChI is InChI=1S/C17H18N2O5S2/c20-17(18-12-5-6-14-15(11-12)24-9-8-23-14)13-3-1-7-19(13)26(21,22)16-4-2-10-25-16/h2,4-6,10-11,13H,1,3,7-9H2,(H,18,20). The number of ether oxygens (including phenoxy) is 2. The minimum absolute atomic E-state index is 0.261. The Hall–Kier alpha value is -2.10. The molecule has 1 unspecified atom stereocenters. The summed E-state index contributed by atoms with van der Waals surface area (Å²) in [6.45, 7) is 1.30. The van der Waals surface area contributed by atoms with Crippen molar-refractivity contribution in [2.75, 3.05) is 25.1 Å². The smallest absolute Gasteiger partial charge is 0.253 e. The zero-order chi connectivity index (χ0) is 18.1. The molecule has 7 nitrogen and oxygen atoms in total. The summed E-state index contributed by atoms with van der Waals surface area (Å²) in [5, 5.41) is 4.52. The number of benzene rings is 1. The lowest BCUT2D eigenvalue weighted by atomic mass is 10.2. The van der Waals surface area contributed by atoms with Crippen LogP contribution < -0.4 is 14.8 Å². The maximum absolute atomic E-state index is 12.8. The lowest BCUT2D eigenvalue weighted by Crippen LogP contribution is -2.42. The first-order chi connectivity index (χ1) is 12.6. The number of fused-ring (bicyclic) bond motifs is 1. The average Bonchev–Trinajstić information content (AvgIpc) is 3.33. The first-order valence-electron chi connectivity index (χ1n) is 8.31. The summed E-state index contributed by atoms with van der Waals surface area (Å²) in [7, 11) is -3.65. The van der Waals surface area contributed by atoms with Gasteiger partial charge in [-0.2, -0.15) is 4.31 Å². The van der Waals surface area contributed by atoms with Crippen LogP contribution >= 0.6 is 11.3 Å². The number of sulfonamides is 1. The minimum Gasteiger partial charge on any atom is -0.486 e. The van der Waals surface area contributed by atoms with E-state index in [-0.39, 0.29) is 10.1 Å². The van der Waals surface area contributed by atoms with Crippen molar-refractivity contribution in [2.24, 2.45) is 0 Å². The van der Waals surface area contributed by atoms with Gasteiger partial charge in [-0.05, 0) is 36.4 Å². The molecule has 1 fully saturated rings. The van der Waals surface area contributed by atoms with Crippen LogP contribution in [-0.2, 0) is 14.8 Å². The van der Waals surface area contributed by atoms with E-state index < -0.39 is 16.1 Å². The Labute approximate surface area is 155 Å². The van der Waals surface area contributed by atoms with Gasteiger partial charge in [0.05, 0.1) is 0 Å². The summed E-state index contributed by atoms with van der Waals surface area (Å²) >= 11 is 1.16. The normalized spacial score (nSPS) is 20.1. The summed E-state index contributed by atoms with van der Waals surface area (Å²) in [6.07, 6.45) is 1.16. The Kier molecular flexibility index (Phi) is 4.60. The van der Waals surface area contributed by atoms with E-state index in [4.69, 9.17) is 9.47 Å². The van der Waals surface area contributed by atoms with Gasteiger partial charge >= 0.3 is 0 Å². The molecule has 1 aromatic heterocycles. The molecule has 2 aliphatic rings. The van der Waals surface area contributed by atoms with E-state index in [9.17, 15) is 13.2 Å². The van der Waals surface area contributed by atoms with Gasteiger partial charge < -0.3 is 14.8 Å². The van der Waals surface area contributed by atoms with Gasteiger partial charge in [-0.15, -0.1) is 11.3 Å². The molecule has 0 spiro atoms. The number of nitrogens with one attached hydrogen (secondary N) is 1. The second-order valence-corrected chi connectivity index (χ2v) is 9.12. The summed E-state index contributed by atoms with van der Waals surface area (Å²) in [6, 6.07) is 7.69. The van der Waals surface area contributed by atoms with E-state index in [1.165, 1.54) is 4.31 Å². The highest BCUT2D eigenvalue weighted by Gasteiger charge is 2.39. The van der Waals surface area contributed by atoms with Gasteiger partial charge in [-0.3, -0.25) is 4.79 Å². The third-order valence-electron chi connectivity index (χ3n) is 4.37. The monoisotopic (exact) mass is 394 g/mol. The van der Waals surface area contributed by atoms with Crippen LogP contribution in [0.5, 0.6) is 11.5 Å². The van der Waals surface area contributed by atoms with E-state index in [0.29, 0.717) is 49.8 Å². The Bertz CT molecular complexity index is 911. The highest BCUT2D eigenvalue weighted by atomic mass is 32.2. The highest BCUT2D eigenvalue weighted by Crippen LogP contribution is 2.33. The summed E-state index contributed by atoms with van der Waals surface area (Å²) in [5.74, 6) is 0.875. The molecular formula is C17H18N2O5S2. The van der Waals surface area contributed by atoms with Crippen molar-refractivity contribution in [3.8, 4) is 11.5 Å². The molecule has 0 radical (unpaired) electrons. The largest absolute Gasteiger partial charge is 0.486 e. The molecule has 1 saturated heterocycles. The molecule has 0 saturated carbocycles. The second kappa shape index (κ2) is 6.90. The molecule has 9 heteroatoms. The number of nitrogens with zero attached hydrogens (tertiary/aromatic N) is 1. The van der Waals surface area contributed by atoms with E-state index in [2.05, 4.69) is 5.32 Å². The average molecular weight is 394 g/mol. The number of anilines is 1. The van der Waals surface area contributed by atoms with Gasteiger partial charge in [-0.25, -0.2) is 8.42 Å². The molecule has 1 amide bonds. The Balaban J connectivity index is 1.52. The lowest BCUT2D eigenvalue weighted by Gasteiger charge is -2.23. The Morgan fingerprint density at radius 2 is 2.00 bits per heavy atom. The number of carbonyl (C=O) groups is 1. The number of carbonyl (C=O) groups excluding carboxylic acids is 1. The Morgan fingerprint density at radius 3 is 2.77 bits per heavy atom. The third kappa shape index (κ3) is 3.17. The molecule has 138 valence electrons. The van der Waals surface area contributed by atoms with Gasteiger partial charge in [0.25, 0.3) is 10.0 Å². The van der Waals surface area contributed by atoms with Crippen molar-refractivity contribution in [3.63, 3.8) is 0 Å². The van der Waals surface area contributed by atoms with Crippen molar-refractivity contribution < 1.29 is 22.7 Å². The highest BCUT2D eigenvalue weighted by molar-refractivity contribution is 7.91. The first-order valence-corrected chi connectivity index (χ1v) is 10.6. The SMILES string of the molecule is O=C(Nc1ccc2c(c1)OCCO2)C1CCCN1S(=O)(=O)c1cccs1.